The number of rotatable bonds is 6. The first-order chi connectivity index (χ1) is 12.1. The van der Waals surface area contributed by atoms with Gasteiger partial charge in [0.25, 0.3) is 11.8 Å². The molecule has 1 aliphatic carbocycles. The number of allylic oxidation sites excluding steroid dienone is 10. The molecule has 0 radical (unpaired) electrons. The van der Waals surface area contributed by atoms with Crippen molar-refractivity contribution in [2.75, 3.05) is 6.54 Å². The van der Waals surface area contributed by atoms with Crippen molar-refractivity contribution in [2.45, 2.75) is 26.2 Å². The fourth-order valence-electron chi connectivity index (χ4n) is 2.47. The van der Waals surface area contributed by atoms with Crippen LogP contribution in [0.4, 0.5) is 4.79 Å². The summed E-state index contributed by atoms with van der Waals surface area (Å²) < 4.78 is 0. The normalized spacial score (nSPS) is 19.8. The molecule has 4 amide bonds. The second-order valence-electron chi connectivity index (χ2n) is 5.76. The Morgan fingerprint density at radius 2 is 1.92 bits per heavy atom. The van der Waals surface area contributed by atoms with E-state index in [0.29, 0.717) is 13.0 Å². The first-order valence-corrected chi connectivity index (χ1v) is 8.31. The summed E-state index contributed by atoms with van der Waals surface area (Å²) in [4.78, 5) is 37.2. The summed E-state index contributed by atoms with van der Waals surface area (Å²) >= 11 is 0. The number of amides is 4. The van der Waals surface area contributed by atoms with Gasteiger partial charge in [0.05, 0.1) is 0 Å². The summed E-state index contributed by atoms with van der Waals surface area (Å²) in [5.74, 6) is -1.21. The molecule has 5 heteroatoms. The van der Waals surface area contributed by atoms with Crippen LogP contribution in [0.2, 0.25) is 0 Å². The lowest BCUT2D eigenvalue weighted by molar-refractivity contribution is -0.130. The van der Waals surface area contributed by atoms with E-state index in [2.05, 4.69) is 11.9 Å². The van der Waals surface area contributed by atoms with Crippen molar-refractivity contribution >= 4 is 17.8 Å². The van der Waals surface area contributed by atoms with Crippen LogP contribution >= 0.6 is 0 Å². The number of nitrogens with one attached hydrogen (secondary N) is 1. The Morgan fingerprint density at radius 3 is 2.60 bits per heavy atom. The molecule has 2 rings (SSSR count). The third-order valence-corrected chi connectivity index (χ3v) is 3.90. The standard InChI is InChI=1S/C20H22N2O3/c1-3-5-13-22-19(24)17(18(23)21-20(22)25)12-8-11-16-10-7-6-9-15(4-2)14-16/h4,6-12H,2-3,5,13-14H2,1H3,(H,21,23,25)/b11-8+,17-12+. The van der Waals surface area contributed by atoms with Crippen LogP contribution in [0.25, 0.3) is 0 Å². The Morgan fingerprint density at radius 1 is 1.20 bits per heavy atom. The summed E-state index contributed by atoms with van der Waals surface area (Å²) in [6, 6.07) is -0.651. The molecule has 130 valence electrons. The number of hydrogen-bond acceptors (Lipinski definition) is 3. The van der Waals surface area contributed by atoms with Crippen LogP contribution in [-0.4, -0.2) is 29.3 Å². The number of unbranched alkanes of at least 4 members (excludes halogenated alkanes) is 1. The molecular formula is C20H22N2O3. The molecular weight excluding hydrogens is 316 g/mol. The fourth-order valence-corrected chi connectivity index (χ4v) is 2.47. The number of hydrogen-bond donors (Lipinski definition) is 1. The number of urea groups is 1. The SMILES string of the molecule is C=CC1=CC=CC=C(/C=C/C=C2\C(=O)NC(=O)N(CCCC)C2=O)C1. The molecule has 1 N–H and O–H groups in total. The van der Waals surface area contributed by atoms with Gasteiger partial charge in [-0.25, -0.2) is 4.79 Å². The van der Waals surface area contributed by atoms with Gasteiger partial charge in [-0.05, 0) is 30.1 Å². The summed E-state index contributed by atoms with van der Waals surface area (Å²) in [6.45, 7) is 6.05. The third kappa shape index (κ3) is 4.76. The summed E-state index contributed by atoms with van der Waals surface area (Å²) in [5, 5.41) is 2.21. The monoisotopic (exact) mass is 338 g/mol. The number of imide groups is 2. The van der Waals surface area contributed by atoms with Crippen LogP contribution in [0.1, 0.15) is 26.2 Å². The molecule has 0 unspecified atom stereocenters. The Bertz CT molecular complexity index is 736. The topological polar surface area (TPSA) is 66.5 Å². The Labute approximate surface area is 147 Å². The Kier molecular flexibility index (Phi) is 6.46. The molecule has 0 bridgehead atoms. The zero-order valence-corrected chi connectivity index (χ0v) is 14.3. The predicted octanol–water partition coefficient (Wildman–Crippen LogP) is 3.35. The minimum absolute atomic E-state index is 0.0313. The molecule has 1 aliphatic heterocycles. The molecule has 1 fully saturated rings. The second kappa shape index (κ2) is 8.78. The first-order valence-electron chi connectivity index (χ1n) is 8.31. The average Bonchev–Trinajstić information content (AvgIpc) is 2.82. The highest BCUT2D eigenvalue weighted by Gasteiger charge is 2.34. The van der Waals surface area contributed by atoms with E-state index in [1.165, 1.54) is 6.08 Å². The molecule has 0 spiro atoms. The lowest BCUT2D eigenvalue weighted by Crippen LogP contribution is -2.54. The Hall–Kier alpha value is -2.95. The van der Waals surface area contributed by atoms with Gasteiger partial charge in [-0.3, -0.25) is 19.8 Å². The maximum absolute atomic E-state index is 12.4. The van der Waals surface area contributed by atoms with E-state index in [9.17, 15) is 14.4 Å². The van der Waals surface area contributed by atoms with Gasteiger partial charge in [-0.1, -0.05) is 62.5 Å². The molecule has 1 saturated heterocycles. The third-order valence-electron chi connectivity index (χ3n) is 3.90. The number of carbonyl (C=O) groups excluding carboxylic acids is 3. The fraction of sp³-hybridized carbons (Fsp3) is 0.250. The molecule has 0 aromatic carbocycles. The van der Waals surface area contributed by atoms with Crippen molar-refractivity contribution < 1.29 is 14.4 Å². The molecule has 0 aromatic heterocycles. The van der Waals surface area contributed by atoms with E-state index in [0.717, 1.165) is 28.9 Å². The number of barbiturate groups is 1. The van der Waals surface area contributed by atoms with E-state index < -0.39 is 17.8 Å². The zero-order chi connectivity index (χ0) is 18.2. The van der Waals surface area contributed by atoms with Crippen molar-refractivity contribution in [3.05, 3.63) is 71.9 Å². The summed E-state index contributed by atoms with van der Waals surface area (Å²) in [5.41, 5.74) is 2.08. The van der Waals surface area contributed by atoms with Gasteiger partial charge >= 0.3 is 6.03 Å². The van der Waals surface area contributed by atoms with Crippen molar-refractivity contribution in [3.63, 3.8) is 0 Å². The van der Waals surface area contributed by atoms with Crippen LogP contribution in [0.5, 0.6) is 0 Å². The van der Waals surface area contributed by atoms with E-state index >= 15 is 0 Å². The lowest BCUT2D eigenvalue weighted by atomic mass is 10.0. The van der Waals surface area contributed by atoms with Gasteiger partial charge in [0, 0.05) is 6.54 Å². The van der Waals surface area contributed by atoms with Gasteiger partial charge in [-0.15, -0.1) is 0 Å². The van der Waals surface area contributed by atoms with Gasteiger partial charge < -0.3 is 0 Å². The molecule has 25 heavy (non-hydrogen) atoms. The zero-order valence-electron chi connectivity index (χ0n) is 14.3. The van der Waals surface area contributed by atoms with Crippen LogP contribution in [0.15, 0.2) is 71.9 Å². The lowest BCUT2D eigenvalue weighted by Gasteiger charge is -2.25. The molecule has 5 nitrogen and oxygen atoms in total. The van der Waals surface area contributed by atoms with Crippen molar-refractivity contribution in [1.29, 1.82) is 0 Å². The van der Waals surface area contributed by atoms with Crippen molar-refractivity contribution in [1.82, 2.24) is 10.2 Å². The quantitative estimate of drug-likeness (QED) is 0.596. The minimum atomic E-state index is -0.659. The van der Waals surface area contributed by atoms with Crippen LogP contribution in [0.3, 0.4) is 0 Å². The Balaban J connectivity index is 2.14. The smallest absolute Gasteiger partial charge is 0.273 e. The highest BCUT2D eigenvalue weighted by Crippen LogP contribution is 2.17. The van der Waals surface area contributed by atoms with E-state index in [1.54, 1.807) is 12.2 Å². The molecule has 1 heterocycles. The van der Waals surface area contributed by atoms with Gasteiger partial charge in [0.1, 0.15) is 5.57 Å². The van der Waals surface area contributed by atoms with Crippen LogP contribution in [-0.2, 0) is 9.59 Å². The second-order valence-corrected chi connectivity index (χ2v) is 5.76. The molecule has 0 atom stereocenters. The van der Waals surface area contributed by atoms with Gasteiger partial charge in [0.15, 0.2) is 0 Å². The maximum atomic E-state index is 12.4. The van der Waals surface area contributed by atoms with Crippen molar-refractivity contribution in [3.8, 4) is 0 Å². The van der Waals surface area contributed by atoms with E-state index in [-0.39, 0.29) is 5.57 Å². The van der Waals surface area contributed by atoms with Gasteiger partial charge in [-0.2, -0.15) is 0 Å². The van der Waals surface area contributed by atoms with Crippen molar-refractivity contribution in [2.24, 2.45) is 0 Å². The highest BCUT2D eigenvalue weighted by atomic mass is 16.2. The number of carbonyl (C=O) groups is 3. The van der Waals surface area contributed by atoms with Crippen LogP contribution < -0.4 is 5.32 Å². The molecule has 2 aliphatic rings. The molecule has 0 aromatic rings. The molecule has 0 saturated carbocycles. The van der Waals surface area contributed by atoms with Crippen LogP contribution in [0, 0.1) is 0 Å². The predicted molar refractivity (Wildman–Crippen MR) is 97.5 cm³/mol. The summed E-state index contributed by atoms with van der Waals surface area (Å²) in [6.07, 6.45) is 16.8. The first kappa shape index (κ1) is 18.4. The van der Waals surface area contributed by atoms with Gasteiger partial charge in [0.2, 0.25) is 0 Å². The van der Waals surface area contributed by atoms with E-state index in [1.807, 2.05) is 37.3 Å². The maximum Gasteiger partial charge on any atom is 0.331 e. The summed E-state index contributed by atoms with van der Waals surface area (Å²) in [7, 11) is 0. The minimum Gasteiger partial charge on any atom is -0.273 e. The number of nitrogens with zero attached hydrogens (tertiary/aromatic N) is 1. The average molecular weight is 338 g/mol. The van der Waals surface area contributed by atoms with E-state index in [4.69, 9.17) is 0 Å². The highest BCUT2D eigenvalue weighted by molar-refractivity contribution is 6.28. The largest absolute Gasteiger partial charge is 0.331 e.